The Morgan fingerprint density at radius 2 is 1.94 bits per heavy atom. The lowest BCUT2D eigenvalue weighted by atomic mass is 9.44. The fourth-order valence-electron chi connectivity index (χ4n) is 9.04. The van der Waals surface area contributed by atoms with E-state index in [1.54, 1.807) is 13.0 Å². The van der Waals surface area contributed by atoms with Crippen LogP contribution in [0.1, 0.15) is 72.1 Å². The zero-order chi connectivity index (χ0) is 25.7. The molecule has 5 aliphatic carbocycles. The number of halogens is 1. The van der Waals surface area contributed by atoms with E-state index in [9.17, 15) is 19.5 Å². The maximum absolute atomic E-state index is 17.4. The van der Waals surface area contributed by atoms with E-state index < -0.39 is 58.6 Å². The Kier molecular flexibility index (Phi) is 5.14. The first-order chi connectivity index (χ1) is 16.9. The van der Waals surface area contributed by atoms with E-state index in [2.05, 4.69) is 0 Å². The molecule has 0 aromatic rings. The summed E-state index contributed by atoms with van der Waals surface area (Å²) in [5, 5.41) is 11.6. The van der Waals surface area contributed by atoms with Crippen LogP contribution in [0.5, 0.6) is 0 Å². The second-order valence-electron chi connectivity index (χ2n) is 12.3. The molecule has 1 aliphatic heterocycles. The largest absolute Gasteiger partial charge is 0.458 e. The Morgan fingerprint density at radius 3 is 2.64 bits per heavy atom. The number of hydrogen-bond acceptors (Lipinski definition) is 7. The van der Waals surface area contributed by atoms with E-state index in [4.69, 9.17) is 14.2 Å². The number of carbonyl (C=O) groups is 3. The van der Waals surface area contributed by atoms with Crippen molar-refractivity contribution in [1.82, 2.24) is 0 Å². The lowest BCUT2D eigenvalue weighted by molar-refractivity contribution is -0.253. The number of aliphatic hydroxyl groups is 1. The molecule has 0 radical (unpaired) electrons. The standard InChI is InChI=1S/C28H35FO7/c1-16(30)34-15-22(33)28-23(35-26(36-28)9-4-5-10-26)13-20-19-7-6-17-12-18(31)8-11-24(17,2)27(19,29)21(32)14-25(20,28)3/h8,11-12,19-21,23,32H,4-7,9-10,13-15H2,1-3H3/t19-,20-,21-,23+,24?,25?,27-,28?/m0/s1. The highest BCUT2D eigenvalue weighted by Crippen LogP contribution is 2.73. The van der Waals surface area contributed by atoms with E-state index in [-0.39, 0.29) is 23.9 Å². The summed E-state index contributed by atoms with van der Waals surface area (Å²) in [5.74, 6) is -2.80. The number of aliphatic hydroxyl groups excluding tert-OH is 1. The number of carbonyl (C=O) groups excluding carboxylic acids is 3. The fraction of sp³-hybridized carbons (Fsp3) is 0.750. The first-order valence-electron chi connectivity index (χ1n) is 13.3. The van der Waals surface area contributed by atoms with Crippen molar-refractivity contribution in [3.63, 3.8) is 0 Å². The molecular weight excluding hydrogens is 467 g/mol. The second kappa shape index (κ2) is 7.58. The minimum Gasteiger partial charge on any atom is -0.458 e. The Bertz CT molecular complexity index is 1090. The van der Waals surface area contributed by atoms with Crippen LogP contribution in [0.4, 0.5) is 4.39 Å². The fourth-order valence-corrected chi connectivity index (χ4v) is 9.04. The molecule has 6 rings (SSSR count). The smallest absolute Gasteiger partial charge is 0.303 e. The lowest BCUT2D eigenvalue weighted by Gasteiger charge is -2.62. The van der Waals surface area contributed by atoms with Gasteiger partial charge < -0.3 is 19.3 Å². The van der Waals surface area contributed by atoms with Crippen LogP contribution in [-0.2, 0) is 28.6 Å². The van der Waals surface area contributed by atoms with Crippen LogP contribution < -0.4 is 0 Å². The average Bonchev–Trinajstić information content (AvgIpc) is 3.47. The average molecular weight is 503 g/mol. The number of fused-ring (bicyclic) bond motifs is 7. The Hall–Kier alpha value is -1.90. The van der Waals surface area contributed by atoms with Gasteiger partial charge in [-0.2, -0.15) is 0 Å². The molecular formula is C28H35FO7. The predicted octanol–water partition coefficient (Wildman–Crippen LogP) is 3.52. The van der Waals surface area contributed by atoms with Crippen molar-refractivity contribution in [1.29, 1.82) is 0 Å². The van der Waals surface area contributed by atoms with Gasteiger partial charge in [0.1, 0.15) is 0 Å². The van der Waals surface area contributed by atoms with Crippen LogP contribution in [0.3, 0.4) is 0 Å². The molecule has 1 saturated heterocycles. The van der Waals surface area contributed by atoms with Crippen LogP contribution in [-0.4, -0.2) is 58.5 Å². The van der Waals surface area contributed by atoms with Crippen LogP contribution in [0.2, 0.25) is 0 Å². The van der Waals surface area contributed by atoms with Crippen molar-refractivity contribution in [3.05, 3.63) is 23.8 Å². The summed E-state index contributed by atoms with van der Waals surface area (Å²) in [5.41, 5.74) is -4.72. The zero-order valence-corrected chi connectivity index (χ0v) is 21.2. The van der Waals surface area contributed by atoms with Gasteiger partial charge in [0.2, 0.25) is 5.78 Å². The molecule has 1 heterocycles. The molecule has 0 aromatic carbocycles. The molecule has 5 fully saturated rings. The number of alkyl halides is 1. The molecule has 0 bridgehead atoms. The van der Waals surface area contributed by atoms with Gasteiger partial charge in [-0.05, 0) is 63.5 Å². The molecule has 8 heteroatoms. The minimum atomic E-state index is -2.00. The van der Waals surface area contributed by atoms with Gasteiger partial charge in [-0.3, -0.25) is 14.4 Å². The van der Waals surface area contributed by atoms with E-state index >= 15 is 4.39 Å². The van der Waals surface area contributed by atoms with Crippen LogP contribution in [0, 0.1) is 22.7 Å². The molecule has 4 saturated carbocycles. The van der Waals surface area contributed by atoms with E-state index in [0.29, 0.717) is 37.7 Å². The van der Waals surface area contributed by atoms with E-state index in [1.165, 1.54) is 19.1 Å². The Balaban J connectivity index is 1.44. The van der Waals surface area contributed by atoms with Crippen molar-refractivity contribution < 1.29 is 38.1 Å². The first-order valence-corrected chi connectivity index (χ1v) is 13.3. The summed E-state index contributed by atoms with van der Waals surface area (Å²) < 4.78 is 35.8. The van der Waals surface area contributed by atoms with Gasteiger partial charge in [0.25, 0.3) is 0 Å². The molecule has 0 aromatic heterocycles. The third kappa shape index (κ3) is 2.81. The number of ketones is 2. The normalized spacial score (nSPS) is 48.1. The zero-order valence-electron chi connectivity index (χ0n) is 21.2. The molecule has 7 nitrogen and oxygen atoms in total. The van der Waals surface area contributed by atoms with Crippen molar-refractivity contribution in [2.24, 2.45) is 22.7 Å². The van der Waals surface area contributed by atoms with Gasteiger partial charge in [-0.15, -0.1) is 0 Å². The maximum atomic E-state index is 17.4. The van der Waals surface area contributed by atoms with Crippen LogP contribution in [0.15, 0.2) is 23.8 Å². The summed E-state index contributed by atoms with van der Waals surface area (Å²) >= 11 is 0. The minimum absolute atomic E-state index is 0.0110. The summed E-state index contributed by atoms with van der Waals surface area (Å²) in [6.45, 7) is 4.52. The second-order valence-corrected chi connectivity index (χ2v) is 12.3. The summed E-state index contributed by atoms with van der Waals surface area (Å²) in [6, 6.07) is 0. The van der Waals surface area contributed by atoms with Gasteiger partial charge in [0, 0.05) is 36.5 Å². The number of ether oxygens (including phenoxy) is 3. The number of rotatable bonds is 3. The monoisotopic (exact) mass is 502 g/mol. The van der Waals surface area contributed by atoms with Gasteiger partial charge in [0.15, 0.2) is 29.4 Å². The van der Waals surface area contributed by atoms with Crippen molar-refractivity contribution in [2.75, 3.05) is 6.61 Å². The number of esters is 1. The van der Waals surface area contributed by atoms with Gasteiger partial charge in [-0.1, -0.05) is 18.6 Å². The third-order valence-corrected chi connectivity index (χ3v) is 10.7. The third-order valence-electron chi connectivity index (χ3n) is 10.7. The molecule has 8 atom stereocenters. The van der Waals surface area contributed by atoms with Gasteiger partial charge in [0.05, 0.1) is 12.2 Å². The van der Waals surface area contributed by atoms with Crippen molar-refractivity contribution in [2.45, 2.75) is 101 Å². The molecule has 36 heavy (non-hydrogen) atoms. The Morgan fingerprint density at radius 1 is 1.22 bits per heavy atom. The summed E-state index contributed by atoms with van der Waals surface area (Å²) in [4.78, 5) is 37.5. The molecule has 1 spiro atoms. The van der Waals surface area contributed by atoms with Crippen molar-refractivity contribution in [3.8, 4) is 0 Å². The highest BCUT2D eigenvalue weighted by atomic mass is 19.1. The van der Waals surface area contributed by atoms with E-state index in [0.717, 1.165) is 12.8 Å². The molecule has 196 valence electrons. The lowest BCUT2D eigenvalue weighted by Crippen LogP contribution is -2.70. The maximum Gasteiger partial charge on any atom is 0.303 e. The summed E-state index contributed by atoms with van der Waals surface area (Å²) in [6.07, 6.45) is 7.23. The van der Waals surface area contributed by atoms with Crippen LogP contribution in [0.25, 0.3) is 0 Å². The highest BCUT2D eigenvalue weighted by Gasteiger charge is 2.80. The van der Waals surface area contributed by atoms with Crippen LogP contribution >= 0.6 is 0 Å². The SMILES string of the molecule is CC(=O)OCC(=O)C12OC3(CCCC3)O[C@@H]1C[C@H]1[C@@H]3CCC4=CC(=O)C=CC4(C)[C@@]3(F)[C@@H](O)CC12C. The van der Waals surface area contributed by atoms with E-state index in [1.807, 2.05) is 6.92 Å². The molecule has 1 N–H and O–H groups in total. The number of Topliss-reactive ketones (excluding diaryl/α,β-unsaturated/α-hetero) is 1. The molecule has 6 aliphatic rings. The summed E-state index contributed by atoms with van der Waals surface area (Å²) in [7, 11) is 0. The van der Waals surface area contributed by atoms with Gasteiger partial charge in [-0.25, -0.2) is 4.39 Å². The van der Waals surface area contributed by atoms with Gasteiger partial charge >= 0.3 is 5.97 Å². The number of hydrogen-bond donors (Lipinski definition) is 1. The quantitative estimate of drug-likeness (QED) is 0.590. The van der Waals surface area contributed by atoms with Crippen molar-refractivity contribution >= 4 is 17.5 Å². The Labute approximate surface area is 210 Å². The highest BCUT2D eigenvalue weighted by molar-refractivity contribution is 6.01. The first kappa shape index (κ1) is 24.4. The molecule has 3 unspecified atom stereocenters. The molecule has 0 amide bonds. The number of allylic oxidation sites excluding steroid dienone is 4. The topological polar surface area (TPSA) is 99.1 Å². The predicted molar refractivity (Wildman–Crippen MR) is 125 cm³/mol.